The maximum absolute atomic E-state index is 13.5. The minimum absolute atomic E-state index is 0.304. The SMILES string of the molecule is O=C(O)c1cncnc1CS(=O)(=O)c1cc(F)ccc1F. The van der Waals surface area contributed by atoms with Crippen LogP contribution in [0.3, 0.4) is 0 Å². The smallest absolute Gasteiger partial charge is 0.339 e. The van der Waals surface area contributed by atoms with Gasteiger partial charge in [-0.05, 0) is 18.2 Å². The Bertz CT molecular complexity index is 809. The molecular weight excluding hydrogens is 306 g/mol. The first-order chi connectivity index (χ1) is 9.81. The topological polar surface area (TPSA) is 97.2 Å². The number of aromatic carboxylic acids is 1. The molecule has 1 N–H and O–H groups in total. The summed E-state index contributed by atoms with van der Waals surface area (Å²) >= 11 is 0. The molecule has 0 aliphatic heterocycles. The Morgan fingerprint density at radius 2 is 2.00 bits per heavy atom. The third kappa shape index (κ3) is 3.19. The van der Waals surface area contributed by atoms with Crippen molar-refractivity contribution in [3.63, 3.8) is 0 Å². The van der Waals surface area contributed by atoms with Crippen LogP contribution in [0, 0.1) is 11.6 Å². The fraction of sp³-hybridized carbons (Fsp3) is 0.0833. The van der Waals surface area contributed by atoms with Gasteiger partial charge >= 0.3 is 5.97 Å². The van der Waals surface area contributed by atoms with Crippen LogP contribution in [0.25, 0.3) is 0 Å². The average Bonchev–Trinajstić information content (AvgIpc) is 2.41. The Kier molecular flexibility index (Phi) is 3.94. The molecule has 0 amide bonds. The molecule has 0 aliphatic carbocycles. The van der Waals surface area contributed by atoms with Crippen molar-refractivity contribution >= 4 is 15.8 Å². The van der Waals surface area contributed by atoms with Crippen molar-refractivity contribution in [3.8, 4) is 0 Å². The van der Waals surface area contributed by atoms with Gasteiger partial charge in [-0.15, -0.1) is 0 Å². The van der Waals surface area contributed by atoms with E-state index in [2.05, 4.69) is 9.97 Å². The van der Waals surface area contributed by atoms with Crippen molar-refractivity contribution in [2.45, 2.75) is 10.6 Å². The minimum Gasteiger partial charge on any atom is -0.478 e. The van der Waals surface area contributed by atoms with Gasteiger partial charge in [0.2, 0.25) is 0 Å². The first kappa shape index (κ1) is 15.0. The van der Waals surface area contributed by atoms with Gasteiger partial charge in [0.1, 0.15) is 28.4 Å². The molecule has 0 atom stereocenters. The van der Waals surface area contributed by atoms with Gasteiger partial charge < -0.3 is 5.11 Å². The molecule has 0 fully saturated rings. The molecule has 0 saturated carbocycles. The second kappa shape index (κ2) is 5.52. The van der Waals surface area contributed by atoms with E-state index < -0.39 is 43.7 Å². The molecular formula is C12H8F2N2O4S. The number of benzene rings is 1. The summed E-state index contributed by atoms with van der Waals surface area (Å²) in [5.41, 5.74) is -0.723. The summed E-state index contributed by atoms with van der Waals surface area (Å²) in [6.07, 6.45) is 1.90. The van der Waals surface area contributed by atoms with E-state index in [9.17, 15) is 22.0 Å². The van der Waals surface area contributed by atoms with Crippen LogP contribution in [-0.4, -0.2) is 29.5 Å². The summed E-state index contributed by atoms with van der Waals surface area (Å²) in [7, 11) is -4.29. The number of hydrogen-bond acceptors (Lipinski definition) is 5. The first-order valence-corrected chi connectivity index (χ1v) is 7.16. The second-order valence-electron chi connectivity index (χ2n) is 4.02. The van der Waals surface area contributed by atoms with Crippen LogP contribution in [0.5, 0.6) is 0 Å². The fourth-order valence-corrected chi connectivity index (χ4v) is 3.02. The number of carboxylic acid groups (broad SMARTS) is 1. The van der Waals surface area contributed by atoms with E-state index in [0.29, 0.717) is 12.1 Å². The summed E-state index contributed by atoms with van der Waals surface area (Å²) in [5.74, 6) is -4.34. The molecule has 0 unspecified atom stereocenters. The molecule has 2 rings (SSSR count). The highest BCUT2D eigenvalue weighted by Gasteiger charge is 2.24. The number of sulfone groups is 1. The lowest BCUT2D eigenvalue weighted by Gasteiger charge is -2.07. The third-order valence-corrected chi connectivity index (χ3v) is 4.22. The number of aromatic nitrogens is 2. The number of hydrogen-bond donors (Lipinski definition) is 1. The van der Waals surface area contributed by atoms with Gasteiger partial charge in [0.25, 0.3) is 0 Å². The van der Waals surface area contributed by atoms with Crippen molar-refractivity contribution < 1.29 is 27.1 Å². The molecule has 1 heterocycles. The predicted octanol–water partition coefficient (Wildman–Crippen LogP) is 1.43. The van der Waals surface area contributed by atoms with Crippen LogP contribution in [0.15, 0.2) is 35.6 Å². The highest BCUT2D eigenvalue weighted by atomic mass is 32.2. The third-order valence-electron chi connectivity index (χ3n) is 2.58. The lowest BCUT2D eigenvalue weighted by molar-refractivity contribution is 0.0695. The molecule has 0 radical (unpaired) electrons. The van der Waals surface area contributed by atoms with E-state index in [1.165, 1.54) is 0 Å². The summed E-state index contributed by atoms with van der Waals surface area (Å²) in [6.45, 7) is 0. The van der Waals surface area contributed by atoms with E-state index in [1.54, 1.807) is 0 Å². The minimum atomic E-state index is -4.29. The fourth-order valence-electron chi connectivity index (χ4n) is 1.62. The Labute approximate surface area is 118 Å². The van der Waals surface area contributed by atoms with Crippen molar-refractivity contribution in [1.29, 1.82) is 0 Å². The maximum Gasteiger partial charge on any atom is 0.339 e. The molecule has 1 aromatic heterocycles. The molecule has 0 bridgehead atoms. The van der Waals surface area contributed by atoms with E-state index in [-0.39, 0.29) is 5.69 Å². The number of carboxylic acids is 1. The van der Waals surface area contributed by atoms with E-state index in [1.807, 2.05) is 0 Å². The molecule has 0 aliphatic rings. The summed E-state index contributed by atoms with van der Waals surface area (Å²) in [5, 5.41) is 8.92. The van der Waals surface area contributed by atoms with Crippen LogP contribution in [-0.2, 0) is 15.6 Å². The van der Waals surface area contributed by atoms with Crippen molar-refractivity contribution in [2.75, 3.05) is 0 Å². The standard InChI is InChI=1S/C12H8F2N2O4S/c13-7-1-2-9(14)11(3-7)21(19,20)5-10-8(12(17)18)4-15-6-16-10/h1-4,6H,5H2,(H,17,18). The molecule has 2 aromatic rings. The van der Waals surface area contributed by atoms with Crippen LogP contribution in [0.2, 0.25) is 0 Å². The maximum atomic E-state index is 13.5. The summed E-state index contributed by atoms with van der Waals surface area (Å²) in [6, 6.07) is 1.99. The van der Waals surface area contributed by atoms with Gasteiger partial charge in [-0.3, -0.25) is 0 Å². The highest BCUT2D eigenvalue weighted by Crippen LogP contribution is 2.21. The van der Waals surface area contributed by atoms with Crippen LogP contribution >= 0.6 is 0 Å². The van der Waals surface area contributed by atoms with E-state index in [0.717, 1.165) is 18.6 Å². The van der Waals surface area contributed by atoms with Crippen molar-refractivity contribution in [2.24, 2.45) is 0 Å². The van der Waals surface area contributed by atoms with Crippen molar-refractivity contribution in [3.05, 3.63) is 53.6 Å². The summed E-state index contributed by atoms with van der Waals surface area (Å²) in [4.78, 5) is 17.2. The summed E-state index contributed by atoms with van der Waals surface area (Å²) < 4.78 is 50.8. The quantitative estimate of drug-likeness (QED) is 0.917. The zero-order valence-corrected chi connectivity index (χ0v) is 11.1. The lowest BCUT2D eigenvalue weighted by atomic mass is 10.2. The van der Waals surface area contributed by atoms with Gasteiger partial charge in [-0.1, -0.05) is 0 Å². The molecule has 21 heavy (non-hydrogen) atoms. The lowest BCUT2D eigenvalue weighted by Crippen LogP contribution is -2.13. The van der Waals surface area contributed by atoms with Gasteiger partial charge in [-0.2, -0.15) is 0 Å². The van der Waals surface area contributed by atoms with Gasteiger partial charge in [-0.25, -0.2) is 32.0 Å². The predicted molar refractivity (Wildman–Crippen MR) is 66.2 cm³/mol. The van der Waals surface area contributed by atoms with Gasteiger partial charge in [0.15, 0.2) is 9.84 Å². The Morgan fingerprint density at radius 1 is 1.29 bits per heavy atom. The van der Waals surface area contributed by atoms with Crippen LogP contribution in [0.4, 0.5) is 8.78 Å². The van der Waals surface area contributed by atoms with E-state index in [4.69, 9.17) is 5.11 Å². The van der Waals surface area contributed by atoms with Crippen LogP contribution < -0.4 is 0 Å². The Morgan fingerprint density at radius 3 is 2.67 bits per heavy atom. The average molecular weight is 314 g/mol. The molecule has 1 aromatic carbocycles. The first-order valence-electron chi connectivity index (χ1n) is 5.51. The molecule has 0 saturated heterocycles. The molecule has 0 spiro atoms. The van der Waals surface area contributed by atoms with Crippen LogP contribution in [0.1, 0.15) is 16.1 Å². The zero-order chi connectivity index (χ0) is 15.6. The second-order valence-corrected chi connectivity index (χ2v) is 5.98. The van der Waals surface area contributed by atoms with Gasteiger partial charge in [0.05, 0.1) is 11.4 Å². The molecule has 9 heteroatoms. The number of rotatable bonds is 4. The monoisotopic (exact) mass is 314 g/mol. The normalized spacial score (nSPS) is 11.3. The molecule has 6 nitrogen and oxygen atoms in total. The van der Waals surface area contributed by atoms with Crippen molar-refractivity contribution in [1.82, 2.24) is 9.97 Å². The van der Waals surface area contributed by atoms with Gasteiger partial charge in [0, 0.05) is 6.20 Å². The highest BCUT2D eigenvalue weighted by molar-refractivity contribution is 7.90. The number of nitrogens with zero attached hydrogens (tertiary/aromatic N) is 2. The number of carbonyl (C=O) groups is 1. The zero-order valence-electron chi connectivity index (χ0n) is 10.3. The molecule has 110 valence electrons. The Balaban J connectivity index is 2.48. The van der Waals surface area contributed by atoms with E-state index >= 15 is 0 Å². The largest absolute Gasteiger partial charge is 0.478 e. The number of halogens is 2. The Hall–Kier alpha value is -2.42.